The molecular formula is C19H20ClN3S. The van der Waals surface area contributed by atoms with Crippen molar-refractivity contribution < 1.29 is 0 Å². The van der Waals surface area contributed by atoms with Crippen molar-refractivity contribution in [1.29, 1.82) is 0 Å². The van der Waals surface area contributed by atoms with Crippen LogP contribution in [0.1, 0.15) is 30.9 Å². The summed E-state index contributed by atoms with van der Waals surface area (Å²) in [5.74, 6) is 2.19. The SMILES string of the molecule is CC(C)c1ccc(-c2nnc(SCc3ccccc3Cl)n2C)cc1. The highest BCUT2D eigenvalue weighted by Crippen LogP contribution is 2.28. The number of benzene rings is 2. The predicted octanol–water partition coefficient (Wildman–Crippen LogP) is 5.55. The van der Waals surface area contributed by atoms with Crippen LogP contribution in [0.15, 0.2) is 53.7 Å². The Labute approximate surface area is 152 Å². The molecule has 0 unspecified atom stereocenters. The Balaban J connectivity index is 1.77. The number of thioether (sulfide) groups is 1. The van der Waals surface area contributed by atoms with E-state index in [1.54, 1.807) is 11.8 Å². The Hall–Kier alpha value is -1.78. The van der Waals surface area contributed by atoms with Crippen LogP contribution in [0.2, 0.25) is 5.02 Å². The predicted molar refractivity (Wildman–Crippen MR) is 102 cm³/mol. The first-order valence-electron chi connectivity index (χ1n) is 7.92. The lowest BCUT2D eigenvalue weighted by atomic mass is 10.0. The summed E-state index contributed by atoms with van der Waals surface area (Å²) in [4.78, 5) is 0. The van der Waals surface area contributed by atoms with Crippen LogP contribution < -0.4 is 0 Å². The van der Waals surface area contributed by atoms with Gasteiger partial charge in [-0.1, -0.05) is 79.7 Å². The second-order valence-electron chi connectivity index (χ2n) is 6.02. The molecule has 0 saturated heterocycles. The monoisotopic (exact) mass is 357 g/mol. The van der Waals surface area contributed by atoms with Crippen molar-refractivity contribution in [3.63, 3.8) is 0 Å². The molecule has 0 fully saturated rings. The zero-order chi connectivity index (χ0) is 17.1. The molecule has 0 saturated carbocycles. The molecule has 0 aliphatic heterocycles. The highest BCUT2D eigenvalue weighted by Gasteiger charge is 2.12. The fourth-order valence-electron chi connectivity index (χ4n) is 2.47. The molecule has 3 rings (SSSR count). The molecule has 0 radical (unpaired) electrons. The largest absolute Gasteiger partial charge is 0.305 e. The van der Waals surface area contributed by atoms with Crippen molar-refractivity contribution in [2.24, 2.45) is 7.05 Å². The Morgan fingerprint density at radius 3 is 2.42 bits per heavy atom. The summed E-state index contributed by atoms with van der Waals surface area (Å²) in [5.41, 5.74) is 3.52. The number of hydrogen-bond acceptors (Lipinski definition) is 3. The quantitative estimate of drug-likeness (QED) is 0.561. The van der Waals surface area contributed by atoms with E-state index in [1.807, 2.05) is 35.9 Å². The number of halogens is 1. The minimum atomic E-state index is 0.528. The van der Waals surface area contributed by atoms with Crippen molar-refractivity contribution in [2.45, 2.75) is 30.7 Å². The van der Waals surface area contributed by atoms with Crippen molar-refractivity contribution in [1.82, 2.24) is 14.8 Å². The molecule has 24 heavy (non-hydrogen) atoms. The smallest absolute Gasteiger partial charge is 0.191 e. The van der Waals surface area contributed by atoms with Gasteiger partial charge in [-0.05, 0) is 23.1 Å². The molecule has 0 bridgehead atoms. The third-order valence-electron chi connectivity index (χ3n) is 3.99. The van der Waals surface area contributed by atoms with Crippen LogP contribution in [-0.4, -0.2) is 14.8 Å². The lowest BCUT2D eigenvalue weighted by Crippen LogP contribution is -1.96. The molecule has 1 heterocycles. The Morgan fingerprint density at radius 2 is 1.75 bits per heavy atom. The van der Waals surface area contributed by atoms with E-state index in [-0.39, 0.29) is 0 Å². The number of aromatic nitrogens is 3. The molecule has 124 valence electrons. The fraction of sp³-hybridized carbons (Fsp3) is 0.263. The molecule has 0 amide bonds. The first kappa shape index (κ1) is 17.1. The number of hydrogen-bond donors (Lipinski definition) is 0. The lowest BCUT2D eigenvalue weighted by Gasteiger charge is -2.07. The fourth-order valence-corrected chi connectivity index (χ4v) is 3.66. The van der Waals surface area contributed by atoms with E-state index < -0.39 is 0 Å². The van der Waals surface area contributed by atoms with Crippen molar-refractivity contribution >= 4 is 23.4 Å². The summed E-state index contributed by atoms with van der Waals surface area (Å²) in [6, 6.07) is 16.4. The molecule has 3 nitrogen and oxygen atoms in total. The maximum Gasteiger partial charge on any atom is 0.191 e. The molecular weight excluding hydrogens is 338 g/mol. The van der Waals surface area contributed by atoms with E-state index in [4.69, 9.17) is 11.6 Å². The second kappa shape index (κ2) is 7.41. The van der Waals surface area contributed by atoms with Gasteiger partial charge in [0, 0.05) is 23.4 Å². The Kier molecular flexibility index (Phi) is 5.27. The van der Waals surface area contributed by atoms with E-state index in [0.717, 1.165) is 32.9 Å². The van der Waals surface area contributed by atoms with Gasteiger partial charge in [0.1, 0.15) is 0 Å². The zero-order valence-electron chi connectivity index (χ0n) is 14.0. The van der Waals surface area contributed by atoms with E-state index >= 15 is 0 Å². The molecule has 0 spiro atoms. The van der Waals surface area contributed by atoms with Gasteiger partial charge in [0.25, 0.3) is 0 Å². The first-order chi connectivity index (χ1) is 11.6. The molecule has 2 aromatic carbocycles. The van der Waals surface area contributed by atoms with Gasteiger partial charge in [-0.15, -0.1) is 10.2 Å². The van der Waals surface area contributed by atoms with Crippen LogP contribution in [0.3, 0.4) is 0 Å². The van der Waals surface area contributed by atoms with Crippen molar-refractivity contribution in [2.75, 3.05) is 0 Å². The Morgan fingerprint density at radius 1 is 1.04 bits per heavy atom. The molecule has 0 aliphatic rings. The summed E-state index contributed by atoms with van der Waals surface area (Å²) >= 11 is 7.86. The first-order valence-corrected chi connectivity index (χ1v) is 9.28. The minimum Gasteiger partial charge on any atom is -0.305 e. The van der Waals surface area contributed by atoms with Crippen LogP contribution >= 0.6 is 23.4 Å². The van der Waals surface area contributed by atoms with Gasteiger partial charge in [0.05, 0.1) is 0 Å². The number of rotatable bonds is 5. The second-order valence-corrected chi connectivity index (χ2v) is 7.37. The molecule has 0 N–H and O–H groups in total. The van der Waals surface area contributed by atoms with Crippen LogP contribution in [0.25, 0.3) is 11.4 Å². The van der Waals surface area contributed by atoms with Crippen LogP contribution in [0.4, 0.5) is 0 Å². The molecule has 0 aliphatic carbocycles. The Bertz CT molecular complexity index is 825. The van der Waals surface area contributed by atoms with Crippen molar-refractivity contribution in [3.8, 4) is 11.4 Å². The standard InChI is InChI=1S/C19H20ClN3S/c1-13(2)14-8-10-15(11-9-14)18-21-22-19(23(18)3)24-12-16-6-4-5-7-17(16)20/h4-11,13H,12H2,1-3H3. The van der Waals surface area contributed by atoms with Gasteiger partial charge >= 0.3 is 0 Å². The van der Waals surface area contributed by atoms with E-state index in [2.05, 4.69) is 48.3 Å². The number of nitrogens with zero attached hydrogens (tertiary/aromatic N) is 3. The summed E-state index contributed by atoms with van der Waals surface area (Å²) in [6.45, 7) is 4.39. The topological polar surface area (TPSA) is 30.7 Å². The maximum atomic E-state index is 6.22. The van der Waals surface area contributed by atoms with Gasteiger partial charge in [0.2, 0.25) is 0 Å². The normalized spacial score (nSPS) is 11.2. The molecule has 0 atom stereocenters. The van der Waals surface area contributed by atoms with E-state index in [0.29, 0.717) is 5.92 Å². The average molecular weight is 358 g/mol. The molecule has 3 aromatic rings. The van der Waals surface area contributed by atoms with Crippen LogP contribution in [0, 0.1) is 0 Å². The van der Waals surface area contributed by atoms with Crippen molar-refractivity contribution in [3.05, 3.63) is 64.7 Å². The van der Waals surface area contributed by atoms with Crippen LogP contribution in [0.5, 0.6) is 0 Å². The summed E-state index contributed by atoms with van der Waals surface area (Å²) in [7, 11) is 2.00. The average Bonchev–Trinajstić information content (AvgIpc) is 2.95. The zero-order valence-corrected chi connectivity index (χ0v) is 15.6. The summed E-state index contributed by atoms with van der Waals surface area (Å²) in [6.07, 6.45) is 0. The third-order valence-corrected chi connectivity index (χ3v) is 5.42. The third kappa shape index (κ3) is 3.65. The molecule has 1 aromatic heterocycles. The van der Waals surface area contributed by atoms with Gasteiger partial charge in [0.15, 0.2) is 11.0 Å². The van der Waals surface area contributed by atoms with E-state index in [9.17, 15) is 0 Å². The summed E-state index contributed by atoms with van der Waals surface area (Å²) in [5, 5.41) is 10.4. The highest BCUT2D eigenvalue weighted by atomic mass is 35.5. The van der Waals surface area contributed by atoms with Gasteiger partial charge in [-0.25, -0.2) is 0 Å². The minimum absolute atomic E-state index is 0.528. The van der Waals surface area contributed by atoms with Gasteiger partial charge in [-0.2, -0.15) is 0 Å². The van der Waals surface area contributed by atoms with Gasteiger partial charge in [-0.3, -0.25) is 0 Å². The van der Waals surface area contributed by atoms with Gasteiger partial charge < -0.3 is 4.57 Å². The lowest BCUT2D eigenvalue weighted by molar-refractivity contribution is 0.793. The summed E-state index contributed by atoms with van der Waals surface area (Å²) < 4.78 is 2.03. The highest BCUT2D eigenvalue weighted by molar-refractivity contribution is 7.98. The maximum absolute atomic E-state index is 6.22. The van der Waals surface area contributed by atoms with E-state index in [1.165, 1.54) is 5.56 Å². The molecule has 5 heteroatoms. The van der Waals surface area contributed by atoms with Crippen LogP contribution in [-0.2, 0) is 12.8 Å².